The van der Waals surface area contributed by atoms with Gasteiger partial charge in [-0.05, 0) is 60.5 Å². The fraction of sp³-hybridized carbons (Fsp3) is 0.0800. The van der Waals surface area contributed by atoms with Gasteiger partial charge < -0.3 is 4.74 Å². The van der Waals surface area contributed by atoms with Gasteiger partial charge >= 0.3 is 6.03 Å². The molecular weight excluding hydrogens is 552 g/mol. The van der Waals surface area contributed by atoms with Crippen LogP contribution in [0.4, 0.5) is 10.5 Å². The van der Waals surface area contributed by atoms with Gasteiger partial charge in [-0.25, -0.2) is 9.69 Å². The minimum Gasteiger partial charge on any atom is -0.489 e. The Morgan fingerprint density at radius 1 is 0.970 bits per heavy atom. The number of nitrogens with one attached hydrogen (secondary N) is 1. The molecule has 0 spiro atoms. The Kier molecular flexibility index (Phi) is 6.76. The van der Waals surface area contributed by atoms with Crippen molar-refractivity contribution in [3.63, 3.8) is 0 Å². The van der Waals surface area contributed by atoms with E-state index in [2.05, 4.69) is 37.2 Å². The van der Waals surface area contributed by atoms with E-state index < -0.39 is 17.8 Å². The molecule has 0 aliphatic carbocycles. The number of anilines is 1. The molecule has 6 nitrogen and oxygen atoms in total. The van der Waals surface area contributed by atoms with Gasteiger partial charge in [0.2, 0.25) is 0 Å². The third-order valence-corrected chi connectivity index (χ3v) is 6.31. The van der Waals surface area contributed by atoms with Gasteiger partial charge in [-0.2, -0.15) is 0 Å². The standard InChI is InChI=1S/C25H18Br2N2O4/c1-15-12-18(26)8-11-22(15)29-24(31)20(23(30)28-25(29)32)13-16-6-9-19(10-7-16)33-14-17-4-2-3-5-21(17)27/h2-13H,14H2,1H3,(H,28,30,32)/b20-13-. The maximum absolute atomic E-state index is 13.1. The summed E-state index contributed by atoms with van der Waals surface area (Å²) in [5.41, 5.74) is 2.64. The molecule has 4 amide bonds. The Morgan fingerprint density at radius 2 is 1.70 bits per heavy atom. The van der Waals surface area contributed by atoms with Crippen molar-refractivity contribution < 1.29 is 19.1 Å². The van der Waals surface area contributed by atoms with Gasteiger partial charge in [0, 0.05) is 14.5 Å². The van der Waals surface area contributed by atoms with Crippen LogP contribution in [0.3, 0.4) is 0 Å². The molecule has 3 aromatic rings. The number of barbiturate groups is 1. The minimum atomic E-state index is -0.775. The topological polar surface area (TPSA) is 75.7 Å². The van der Waals surface area contributed by atoms with Gasteiger partial charge in [-0.3, -0.25) is 14.9 Å². The molecule has 1 N–H and O–H groups in total. The van der Waals surface area contributed by atoms with Crippen molar-refractivity contribution in [2.45, 2.75) is 13.5 Å². The van der Waals surface area contributed by atoms with Crippen molar-refractivity contribution in [3.05, 3.63) is 97.9 Å². The number of carbonyl (C=O) groups excluding carboxylic acids is 3. The third kappa shape index (κ3) is 5.07. The van der Waals surface area contributed by atoms with Crippen molar-refractivity contribution in [1.82, 2.24) is 5.32 Å². The summed E-state index contributed by atoms with van der Waals surface area (Å²) in [4.78, 5) is 38.9. The van der Waals surface area contributed by atoms with Crippen molar-refractivity contribution >= 4 is 61.5 Å². The van der Waals surface area contributed by atoms with Crippen LogP contribution in [0.5, 0.6) is 5.75 Å². The van der Waals surface area contributed by atoms with Gasteiger partial charge in [-0.15, -0.1) is 0 Å². The van der Waals surface area contributed by atoms with Crippen LogP contribution >= 0.6 is 31.9 Å². The lowest BCUT2D eigenvalue weighted by atomic mass is 10.1. The number of rotatable bonds is 5. The minimum absolute atomic E-state index is 0.126. The van der Waals surface area contributed by atoms with E-state index in [0.29, 0.717) is 29.2 Å². The van der Waals surface area contributed by atoms with Crippen LogP contribution in [0.25, 0.3) is 6.08 Å². The number of benzene rings is 3. The second-order valence-electron chi connectivity index (χ2n) is 7.34. The molecule has 33 heavy (non-hydrogen) atoms. The van der Waals surface area contributed by atoms with Crippen molar-refractivity contribution in [1.29, 1.82) is 0 Å². The first-order valence-corrected chi connectivity index (χ1v) is 11.6. The van der Waals surface area contributed by atoms with E-state index in [1.165, 1.54) is 6.08 Å². The normalized spacial score (nSPS) is 15.1. The summed E-state index contributed by atoms with van der Waals surface area (Å²) in [7, 11) is 0. The number of amides is 4. The van der Waals surface area contributed by atoms with Gasteiger partial charge in [0.1, 0.15) is 17.9 Å². The number of halogens is 2. The Hall–Kier alpha value is -3.23. The Bertz CT molecular complexity index is 1290. The van der Waals surface area contributed by atoms with Gasteiger partial charge in [0.05, 0.1) is 5.69 Å². The van der Waals surface area contributed by atoms with Gasteiger partial charge in [0.15, 0.2) is 0 Å². The molecule has 166 valence electrons. The highest BCUT2D eigenvalue weighted by Crippen LogP contribution is 2.28. The van der Waals surface area contributed by atoms with Gasteiger partial charge in [0.25, 0.3) is 11.8 Å². The zero-order valence-electron chi connectivity index (χ0n) is 17.5. The summed E-state index contributed by atoms with van der Waals surface area (Å²) in [6, 6.07) is 19.2. The zero-order chi connectivity index (χ0) is 23.5. The first-order valence-electron chi connectivity index (χ1n) is 9.97. The van der Waals surface area contributed by atoms with Crippen LogP contribution < -0.4 is 15.0 Å². The predicted molar refractivity (Wildman–Crippen MR) is 133 cm³/mol. The van der Waals surface area contributed by atoms with Crippen LogP contribution in [0.1, 0.15) is 16.7 Å². The lowest BCUT2D eigenvalue weighted by Crippen LogP contribution is -2.54. The van der Waals surface area contributed by atoms with E-state index in [1.807, 2.05) is 24.3 Å². The molecule has 1 heterocycles. The summed E-state index contributed by atoms with van der Waals surface area (Å²) < 4.78 is 7.61. The first-order chi connectivity index (χ1) is 15.8. The number of urea groups is 1. The number of hydrogen-bond donors (Lipinski definition) is 1. The number of hydrogen-bond acceptors (Lipinski definition) is 4. The van der Waals surface area contributed by atoms with Crippen LogP contribution in [-0.4, -0.2) is 17.8 Å². The van der Waals surface area contributed by atoms with E-state index in [0.717, 1.165) is 19.4 Å². The predicted octanol–water partition coefficient (Wildman–Crippen LogP) is 5.77. The lowest BCUT2D eigenvalue weighted by molar-refractivity contribution is -0.122. The molecule has 1 aliphatic heterocycles. The second-order valence-corrected chi connectivity index (χ2v) is 9.11. The molecule has 0 aromatic heterocycles. The number of aryl methyl sites for hydroxylation is 1. The van der Waals surface area contributed by atoms with E-state index >= 15 is 0 Å². The molecule has 0 radical (unpaired) electrons. The quantitative estimate of drug-likeness (QED) is 0.313. The molecule has 0 unspecified atom stereocenters. The summed E-state index contributed by atoms with van der Waals surface area (Å²) in [6.07, 6.45) is 1.46. The number of nitrogens with zero attached hydrogens (tertiary/aromatic N) is 1. The molecule has 1 aliphatic rings. The fourth-order valence-corrected chi connectivity index (χ4v) is 4.22. The van der Waals surface area contributed by atoms with Crippen LogP contribution in [0.15, 0.2) is 81.2 Å². The largest absolute Gasteiger partial charge is 0.489 e. The molecule has 1 fully saturated rings. The number of carbonyl (C=O) groups is 3. The van der Waals surface area contributed by atoms with Crippen molar-refractivity contribution in [2.24, 2.45) is 0 Å². The Morgan fingerprint density at radius 3 is 2.39 bits per heavy atom. The smallest absolute Gasteiger partial charge is 0.335 e. The molecule has 4 rings (SSSR count). The molecule has 3 aromatic carbocycles. The monoisotopic (exact) mass is 568 g/mol. The van der Waals surface area contributed by atoms with Gasteiger partial charge in [-0.1, -0.05) is 62.2 Å². The maximum atomic E-state index is 13.1. The summed E-state index contributed by atoms with van der Waals surface area (Å²) >= 11 is 6.86. The van der Waals surface area contributed by atoms with E-state index in [4.69, 9.17) is 4.74 Å². The highest BCUT2D eigenvalue weighted by Gasteiger charge is 2.37. The molecular formula is C25H18Br2N2O4. The van der Waals surface area contributed by atoms with Crippen LogP contribution in [0.2, 0.25) is 0 Å². The van der Waals surface area contributed by atoms with Crippen molar-refractivity contribution in [2.75, 3.05) is 4.90 Å². The average molecular weight is 570 g/mol. The fourth-order valence-electron chi connectivity index (χ4n) is 3.35. The van der Waals surface area contributed by atoms with Crippen LogP contribution in [-0.2, 0) is 16.2 Å². The Labute approximate surface area is 207 Å². The van der Waals surface area contributed by atoms with E-state index in [1.54, 1.807) is 49.4 Å². The maximum Gasteiger partial charge on any atom is 0.335 e. The molecule has 0 saturated carbocycles. The Balaban J connectivity index is 1.54. The molecule has 8 heteroatoms. The number of imide groups is 2. The highest BCUT2D eigenvalue weighted by atomic mass is 79.9. The SMILES string of the molecule is Cc1cc(Br)ccc1N1C(=O)NC(=O)/C(=C/c2ccc(OCc3ccccc3Br)cc2)C1=O. The van der Waals surface area contributed by atoms with E-state index in [9.17, 15) is 14.4 Å². The van der Waals surface area contributed by atoms with Crippen LogP contribution in [0, 0.1) is 6.92 Å². The summed E-state index contributed by atoms with van der Waals surface area (Å²) in [5.74, 6) is -0.761. The average Bonchev–Trinajstić information content (AvgIpc) is 2.78. The highest BCUT2D eigenvalue weighted by molar-refractivity contribution is 9.10. The summed E-state index contributed by atoms with van der Waals surface area (Å²) in [6.45, 7) is 2.18. The molecule has 0 bridgehead atoms. The zero-order valence-corrected chi connectivity index (χ0v) is 20.6. The molecule has 1 saturated heterocycles. The number of ether oxygens (including phenoxy) is 1. The van der Waals surface area contributed by atoms with E-state index in [-0.39, 0.29) is 5.57 Å². The molecule has 0 atom stereocenters. The second kappa shape index (κ2) is 9.72. The van der Waals surface area contributed by atoms with Crippen molar-refractivity contribution in [3.8, 4) is 5.75 Å². The lowest BCUT2D eigenvalue weighted by Gasteiger charge is -2.27. The first kappa shape index (κ1) is 22.9. The third-order valence-electron chi connectivity index (χ3n) is 5.04. The summed E-state index contributed by atoms with van der Waals surface area (Å²) in [5, 5.41) is 2.24.